The van der Waals surface area contributed by atoms with Gasteiger partial charge in [-0.05, 0) is 31.6 Å². The van der Waals surface area contributed by atoms with E-state index in [2.05, 4.69) is 0 Å². The van der Waals surface area contributed by atoms with Gasteiger partial charge >= 0.3 is 6.18 Å². The van der Waals surface area contributed by atoms with Gasteiger partial charge in [0.15, 0.2) is 0 Å². The molecule has 0 N–H and O–H groups in total. The van der Waals surface area contributed by atoms with Gasteiger partial charge in [-0.1, -0.05) is 6.92 Å². The fourth-order valence-electron chi connectivity index (χ4n) is 1.57. The summed E-state index contributed by atoms with van der Waals surface area (Å²) in [5.74, 6) is -1.28. The molecule has 11 heavy (non-hydrogen) atoms. The first-order chi connectivity index (χ1) is 5.02. The zero-order valence-corrected chi connectivity index (χ0v) is 6.49. The van der Waals surface area contributed by atoms with E-state index in [1.807, 2.05) is 0 Å². The summed E-state index contributed by atoms with van der Waals surface area (Å²) in [5.41, 5.74) is 0. The van der Waals surface area contributed by atoms with Gasteiger partial charge in [0.05, 0.1) is 5.92 Å². The van der Waals surface area contributed by atoms with Crippen molar-refractivity contribution < 1.29 is 13.2 Å². The molecule has 0 heterocycles. The van der Waals surface area contributed by atoms with E-state index in [0.717, 1.165) is 6.42 Å². The van der Waals surface area contributed by atoms with Gasteiger partial charge in [0, 0.05) is 0 Å². The van der Waals surface area contributed by atoms with Gasteiger partial charge in [-0.25, -0.2) is 0 Å². The van der Waals surface area contributed by atoms with Gasteiger partial charge in [0.2, 0.25) is 0 Å². The Morgan fingerprint density at radius 1 is 1.36 bits per heavy atom. The Balaban J connectivity index is 2.55. The third kappa shape index (κ3) is 2.11. The Morgan fingerprint density at radius 3 is 2.36 bits per heavy atom. The van der Waals surface area contributed by atoms with Gasteiger partial charge < -0.3 is 0 Å². The SMILES string of the molecule is CC1CC[CH]CC1C(F)(F)F. The van der Waals surface area contributed by atoms with E-state index >= 15 is 0 Å². The number of hydrogen-bond acceptors (Lipinski definition) is 0. The van der Waals surface area contributed by atoms with Crippen LogP contribution < -0.4 is 0 Å². The van der Waals surface area contributed by atoms with E-state index < -0.39 is 12.1 Å². The molecule has 1 saturated carbocycles. The molecule has 1 rings (SSSR count). The monoisotopic (exact) mass is 165 g/mol. The second kappa shape index (κ2) is 3.03. The zero-order valence-electron chi connectivity index (χ0n) is 6.49. The lowest BCUT2D eigenvalue weighted by molar-refractivity contribution is -0.190. The molecule has 1 aliphatic rings. The second-order valence-corrected chi connectivity index (χ2v) is 3.23. The highest BCUT2D eigenvalue weighted by Crippen LogP contribution is 2.40. The summed E-state index contributed by atoms with van der Waals surface area (Å²) in [6, 6.07) is 0. The molecule has 1 radical (unpaired) electrons. The maximum Gasteiger partial charge on any atom is 0.392 e. The Kier molecular flexibility index (Phi) is 2.45. The van der Waals surface area contributed by atoms with Gasteiger partial charge in [-0.15, -0.1) is 0 Å². The van der Waals surface area contributed by atoms with Crippen molar-refractivity contribution in [3.63, 3.8) is 0 Å². The van der Waals surface area contributed by atoms with Crippen LogP contribution in [0.5, 0.6) is 0 Å². The average Bonchev–Trinajstić information content (AvgIpc) is 1.86. The predicted octanol–water partition coefficient (Wildman–Crippen LogP) is 3.19. The summed E-state index contributed by atoms with van der Waals surface area (Å²) < 4.78 is 36.5. The van der Waals surface area contributed by atoms with Crippen LogP contribution in [0.15, 0.2) is 0 Å². The van der Waals surface area contributed by atoms with Crippen LogP contribution in [0, 0.1) is 18.3 Å². The van der Waals surface area contributed by atoms with Crippen molar-refractivity contribution in [2.45, 2.75) is 32.4 Å². The van der Waals surface area contributed by atoms with Crippen molar-refractivity contribution >= 4 is 0 Å². The van der Waals surface area contributed by atoms with E-state index in [-0.39, 0.29) is 12.3 Å². The maximum atomic E-state index is 12.2. The molecule has 0 aliphatic heterocycles. The van der Waals surface area contributed by atoms with Crippen LogP contribution in [-0.2, 0) is 0 Å². The molecule has 0 saturated heterocycles. The fraction of sp³-hybridized carbons (Fsp3) is 0.875. The predicted molar refractivity (Wildman–Crippen MR) is 36.9 cm³/mol. The van der Waals surface area contributed by atoms with Gasteiger partial charge in [-0.2, -0.15) is 13.2 Å². The summed E-state index contributed by atoms with van der Waals surface area (Å²) in [4.78, 5) is 0. The minimum Gasteiger partial charge on any atom is -0.171 e. The lowest BCUT2D eigenvalue weighted by Crippen LogP contribution is -2.31. The van der Waals surface area contributed by atoms with E-state index in [0.29, 0.717) is 6.42 Å². The summed E-state index contributed by atoms with van der Waals surface area (Å²) in [6.45, 7) is 1.69. The van der Waals surface area contributed by atoms with Crippen molar-refractivity contribution in [1.29, 1.82) is 0 Å². The standard InChI is InChI=1S/C8H12F3/c1-6-4-2-3-5-7(6)8(9,10)11/h3,6-7H,2,4-5H2,1H3. The molecule has 0 aromatic rings. The molecule has 3 heteroatoms. The first kappa shape index (κ1) is 8.88. The highest BCUT2D eigenvalue weighted by Gasteiger charge is 2.43. The molecule has 0 nitrogen and oxygen atoms in total. The molecule has 1 aliphatic carbocycles. The third-order valence-corrected chi connectivity index (χ3v) is 2.35. The minimum atomic E-state index is -3.99. The number of halogens is 3. The van der Waals surface area contributed by atoms with Crippen LogP contribution in [0.2, 0.25) is 0 Å². The molecule has 0 aromatic heterocycles. The topological polar surface area (TPSA) is 0 Å². The summed E-state index contributed by atoms with van der Waals surface area (Å²) in [5, 5.41) is 0. The highest BCUT2D eigenvalue weighted by molar-refractivity contribution is 4.85. The summed E-state index contributed by atoms with van der Waals surface area (Å²) in [6.07, 6.45) is -0.503. The number of alkyl halides is 3. The Bertz CT molecular complexity index is 128. The molecule has 1 fully saturated rings. The summed E-state index contributed by atoms with van der Waals surface area (Å²) in [7, 11) is 0. The zero-order chi connectivity index (χ0) is 8.48. The molecule has 0 bridgehead atoms. The first-order valence-corrected chi connectivity index (χ1v) is 3.90. The second-order valence-electron chi connectivity index (χ2n) is 3.23. The maximum absolute atomic E-state index is 12.2. The first-order valence-electron chi connectivity index (χ1n) is 3.90. The van der Waals surface area contributed by atoms with Crippen molar-refractivity contribution in [2.75, 3.05) is 0 Å². The third-order valence-electron chi connectivity index (χ3n) is 2.35. The number of rotatable bonds is 0. The Labute approximate surface area is 64.8 Å². The van der Waals surface area contributed by atoms with Gasteiger partial charge in [-0.3, -0.25) is 0 Å². The molecule has 0 amide bonds. The van der Waals surface area contributed by atoms with Gasteiger partial charge in [0.25, 0.3) is 0 Å². The smallest absolute Gasteiger partial charge is 0.171 e. The number of hydrogen-bond donors (Lipinski definition) is 0. The van der Waals surface area contributed by atoms with Crippen LogP contribution in [-0.4, -0.2) is 6.18 Å². The van der Waals surface area contributed by atoms with Crippen molar-refractivity contribution in [3.05, 3.63) is 6.42 Å². The van der Waals surface area contributed by atoms with Crippen molar-refractivity contribution in [2.24, 2.45) is 11.8 Å². The van der Waals surface area contributed by atoms with Crippen LogP contribution in [0.4, 0.5) is 13.2 Å². The molecular weight excluding hydrogens is 153 g/mol. The lowest BCUT2D eigenvalue weighted by atomic mass is 9.80. The molecule has 2 atom stereocenters. The van der Waals surface area contributed by atoms with E-state index in [4.69, 9.17) is 0 Å². The van der Waals surface area contributed by atoms with Crippen LogP contribution in [0.3, 0.4) is 0 Å². The highest BCUT2D eigenvalue weighted by atomic mass is 19.4. The Morgan fingerprint density at radius 2 is 2.00 bits per heavy atom. The van der Waals surface area contributed by atoms with Crippen LogP contribution in [0.1, 0.15) is 26.2 Å². The van der Waals surface area contributed by atoms with Crippen LogP contribution >= 0.6 is 0 Å². The molecule has 0 spiro atoms. The Hall–Kier alpha value is -0.210. The van der Waals surface area contributed by atoms with Crippen molar-refractivity contribution in [3.8, 4) is 0 Å². The van der Waals surface area contributed by atoms with Crippen LogP contribution in [0.25, 0.3) is 0 Å². The lowest BCUT2D eigenvalue weighted by Gasteiger charge is -2.30. The quantitative estimate of drug-likeness (QED) is 0.517. The molecule has 65 valence electrons. The van der Waals surface area contributed by atoms with E-state index in [9.17, 15) is 13.2 Å². The molecule has 2 unspecified atom stereocenters. The largest absolute Gasteiger partial charge is 0.392 e. The molecule has 0 aromatic carbocycles. The van der Waals surface area contributed by atoms with E-state index in [1.54, 1.807) is 13.3 Å². The fourth-order valence-corrected chi connectivity index (χ4v) is 1.57. The molecular formula is C8H12F3. The minimum absolute atomic E-state index is 0.194. The normalized spacial score (nSPS) is 33.8. The van der Waals surface area contributed by atoms with Gasteiger partial charge in [0.1, 0.15) is 0 Å². The van der Waals surface area contributed by atoms with E-state index in [1.165, 1.54) is 0 Å². The average molecular weight is 165 g/mol. The van der Waals surface area contributed by atoms with Crippen molar-refractivity contribution in [1.82, 2.24) is 0 Å². The summed E-state index contributed by atoms with van der Waals surface area (Å²) >= 11 is 0.